The fraction of sp³-hybridized carbons (Fsp3) is 0.118. The Hall–Kier alpha value is -2.62. The van der Waals surface area contributed by atoms with E-state index in [0.717, 1.165) is 11.4 Å². The first-order valence-corrected chi connectivity index (χ1v) is 6.83. The summed E-state index contributed by atoms with van der Waals surface area (Å²) >= 11 is 0. The minimum absolute atomic E-state index is 0.107. The lowest BCUT2D eigenvalue weighted by atomic mass is 10.1. The van der Waals surface area contributed by atoms with Gasteiger partial charge in [0.1, 0.15) is 5.82 Å². The Bertz CT molecular complexity index is 722. The van der Waals surface area contributed by atoms with Gasteiger partial charge in [-0.05, 0) is 31.2 Å². The van der Waals surface area contributed by atoms with Crippen molar-refractivity contribution in [1.29, 1.82) is 0 Å². The third-order valence-electron chi connectivity index (χ3n) is 3.40. The molecule has 0 fully saturated rings. The van der Waals surface area contributed by atoms with Gasteiger partial charge in [-0.2, -0.15) is 0 Å². The number of nitrogens with zero attached hydrogens (tertiary/aromatic N) is 2. The third-order valence-corrected chi connectivity index (χ3v) is 3.40. The average molecular weight is 281 g/mol. The molecule has 0 spiro atoms. The monoisotopic (exact) mass is 281 g/mol. The van der Waals surface area contributed by atoms with E-state index in [4.69, 9.17) is 0 Å². The van der Waals surface area contributed by atoms with E-state index < -0.39 is 0 Å². The van der Waals surface area contributed by atoms with Crippen LogP contribution in [0.4, 0.5) is 10.1 Å². The molecule has 0 aliphatic carbocycles. The summed E-state index contributed by atoms with van der Waals surface area (Å²) in [5.74, 6) is -0.191. The van der Waals surface area contributed by atoms with Crippen molar-refractivity contribution in [2.45, 2.75) is 13.0 Å². The van der Waals surface area contributed by atoms with Gasteiger partial charge in [0.05, 0.1) is 12.4 Å². The number of hydrogen-bond donors (Lipinski definition) is 1. The second kappa shape index (κ2) is 5.79. The van der Waals surface area contributed by atoms with Crippen molar-refractivity contribution in [3.63, 3.8) is 0 Å². The molecule has 1 aromatic heterocycles. The van der Waals surface area contributed by atoms with Crippen molar-refractivity contribution in [1.82, 2.24) is 9.55 Å². The maximum atomic E-state index is 13.8. The molecule has 106 valence electrons. The van der Waals surface area contributed by atoms with Crippen molar-refractivity contribution in [3.05, 3.63) is 78.6 Å². The lowest BCUT2D eigenvalue weighted by Crippen LogP contribution is -2.08. The molecule has 21 heavy (non-hydrogen) atoms. The zero-order valence-electron chi connectivity index (χ0n) is 11.7. The van der Waals surface area contributed by atoms with Gasteiger partial charge in [0.2, 0.25) is 0 Å². The van der Waals surface area contributed by atoms with E-state index in [1.807, 2.05) is 48.0 Å². The zero-order chi connectivity index (χ0) is 14.7. The SMILES string of the molecule is CC(Nc1cccc(-n2ccnc2)c1)c1ccccc1F. The molecule has 4 heteroatoms. The van der Waals surface area contributed by atoms with Gasteiger partial charge >= 0.3 is 0 Å². The largest absolute Gasteiger partial charge is 0.378 e. The summed E-state index contributed by atoms with van der Waals surface area (Å²) in [6.07, 6.45) is 5.38. The summed E-state index contributed by atoms with van der Waals surface area (Å²) in [5.41, 5.74) is 2.61. The van der Waals surface area contributed by atoms with Crippen LogP contribution in [0.5, 0.6) is 0 Å². The van der Waals surface area contributed by atoms with Crippen molar-refractivity contribution in [2.75, 3.05) is 5.32 Å². The molecule has 3 aromatic rings. The van der Waals surface area contributed by atoms with Gasteiger partial charge < -0.3 is 9.88 Å². The number of benzene rings is 2. The summed E-state index contributed by atoms with van der Waals surface area (Å²) < 4.78 is 15.7. The van der Waals surface area contributed by atoms with Crippen LogP contribution in [0.3, 0.4) is 0 Å². The fourth-order valence-corrected chi connectivity index (χ4v) is 2.32. The first kappa shape index (κ1) is 13.4. The molecule has 1 atom stereocenters. The molecule has 1 unspecified atom stereocenters. The molecule has 0 aliphatic rings. The van der Waals surface area contributed by atoms with Gasteiger partial charge in [-0.1, -0.05) is 24.3 Å². The van der Waals surface area contributed by atoms with Crippen LogP contribution in [-0.2, 0) is 0 Å². The number of rotatable bonds is 4. The molecular formula is C17H16FN3. The Kier molecular flexibility index (Phi) is 3.69. The Morgan fingerprint density at radius 3 is 2.76 bits per heavy atom. The van der Waals surface area contributed by atoms with Crippen LogP contribution in [0.1, 0.15) is 18.5 Å². The summed E-state index contributed by atoms with van der Waals surface area (Å²) in [6, 6.07) is 14.7. The van der Waals surface area contributed by atoms with Crippen molar-refractivity contribution in [3.8, 4) is 5.69 Å². The van der Waals surface area contributed by atoms with E-state index in [9.17, 15) is 4.39 Å². The topological polar surface area (TPSA) is 29.9 Å². The van der Waals surface area contributed by atoms with E-state index in [0.29, 0.717) is 5.56 Å². The second-order valence-electron chi connectivity index (χ2n) is 4.91. The predicted octanol–water partition coefficient (Wildman–Crippen LogP) is 4.18. The van der Waals surface area contributed by atoms with Gasteiger partial charge in [0.15, 0.2) is 0 Å². The first-order valence-electron chi connectivity index (χ1n) is 6.83. The van der Waals surface area contributed by atoms with Gasteiger partial charge in [-0.3, -0.25) is 0 Å². The Balaban J connectivity index is 1.82. The lowest BCUT2D eigenvalue weighted by molar-refractivity contribution is 0.600. The van der Waals surface area contributed by atoms with Gasteiger partial charge in [-0.15, -0.1) is 0 Å². The van der Waals surface area contributed by atoms with Crippen molar-refractivity contribution >= 4 is 5.69 Å². The van der Waals surface area contributed by atoms with Crippen LogP contribution in [0.15, 0.2) is 67.3 Å². The van der Waals surface area contributed by atoms with Crippen molar-refractivity contribution < 1.29 is 4.39 Å². The third kappa shape index (κ3) is 2.94. The summed E-state index contributed by atoms with van der Waals surface area (Å²) in [4.78, 5) is 4.04. The molecule has 0 amide bonds. The van der Waals surface area contributed by atoms with Crippen LogP contribution in [0.25, 0.3) is 5.69 Å². The van der Waals surface area contributed by atoms with E-state index in [1.54, 1.807) is 24.7 Å². The number of halogens is 1. The van der Waals surface area contributed by atoms with Gasteiger partial charge in [-0.25, -0.2) is 9.37 Å². The highest BCUT2D eigenvalue weighted by Crippen LogP contribution is 2.23. The van der Waals surface area contributed by atoms with Crippen LogP contribution in [0.2, 0.25) is 0 Å². The Morgan fingerprint density at radius 1 is 1.14 bits per heavy atom. The molecule has 3 nitrogen and oxygen atoms in total. The minimum atomic E-state index is -0.191. The van der Waals surface area contributed by atoms with E-state index >= 15 is 0 Å². The molecule has 2 aromatic carbocycles. The Labute approximate surface area is 123 Å². The van der Waals surface area contributed by atoms with Crippen LogP contribution >= 0.6 is 0 Å². The van der Waals surface area contributed by atoms with Gasteiger partial charge in [0.25, 0.3) is 0 Å². The molecular weight excluding hydrogens is 265 g/mol. The molecule has 0 bridgehead atoms. The molecule has 1 heterocycles. The molecule has 3 rings (SSSR count). The number of imidazole rings is 1. The maximum absolute atomic E-state index is 13.8. The van der Waals surface area contributed by atoms with E-state index in [2.05, 4.69) is 10.3 Å². The first-order chi connectivity index (χ1) is 10.2. The summed E-state index contributed by atoms with van der Waals surface area (Å²) in [5, 5.41) is 3.33. The summed E-state index contributed by atoms with van der Waals surface area (Å²) in [7, 11) is 0. The molecule has 0 saturated heterocycles. The normalized spacial score (nSPS) is 12.1. The highest BCUT2D eigenvalue weighted by Gasteiger charge is 2.10. The highest BCUT2D eigenvalue weighted by atomic mass is 19.1. The smallest absolute Gasteiger partial charge is 0.128 e. The average Bonchev–Trinajstić information content (AvgIpc) is 3.02. The van der Waals surface area contributed by atoms with E-state index in [1.165, 1.54) is 6.07 Å². The number of nitrogens with one attached hydrogen (secondary N) is 1. The number of anilines is 1. The predicted molar refractivity (Wildman–Crippen MR) is 82.0 cm³/mol. The maximum Gasteiger partial charge on any atom is 0.128 e. The van der Waals surface area contributed by atoms with Gasteiger partial charge in [0, 0.05) is 29.3 Å². The van der Waals surface area contributed by atoms with Crippen LogP contribution in [0, 0.1) is 5.82 Å². The number of hydrogen-bond acceptors (Lipinski definition) is 2. The molecule has 1 N–H and O–H groups in total. The molecule has 0 radical (unpaired) electrons. The van der Waals surface area contributed by atoms with E-state index in [-0.39, 0.29) is 11.9 Å². The minimum Gasteiger partial charge on any atom is -0.378 e. The molecule has 0 saturated carbocycles. The Morgan fingerprint density at radius 2 is 2.00 bits per heavy atom. The zero-order valence-corrected chi connectivity index (χ0v) is 11.7. The standard InChI is InChI=1S/C17H16FN3/c1-13(16-7-2-3-8-17(16)18)20-14-5-4-6-15(11-14)21-10-9-19-12-21/h2-13,20H,1H3. The quantitative estimate of drug-likeness (QED) is 0.777. The van der Waals surface area contributed by atoms with Crippen LogP contribution in [-0.4, -0.2) is 9.55 Å². The van der Waals surface area contributed by atoms with Crippen LogP contribution < -0.4 is 5.32 Å². The second-order valence-corrected chi connectivity index (χ2v) is 4.91. The summed E-state index contributed by atoms with van der Waals surface area (Å²) in [6.45, 7) is 1.95. The molecule has 0 aliphatic heterocycles. The van der Waals surface area contributed by atoms with Crippen molar-refractivity contribution in [2.24, 2.45) is 0 Å². The fourth-order valence-electron chi connectivity index (χ4n) is 2.32. The lowest BCUT2D eigenvalue weighted by Gasteiger charge is -2.17. The number of aromatic nitrogens is 2. The highest BCUT2D eigenvalue weighted by molar-refractivity contribution is 5.52.